The minimum Gasteiger partial charge on any atom is -0.459 e. The predicted octanol–water partition coefficient (Wildman–Crippen LogP) is 6.96. The number of carbonyl (C=O) groups excluding carboxylic acids is 1. The Labute approximate surface area is 230 Å². The summed E-state index contributed by atoms with van der Waals surface area (Å²) in [4.78, 5) is 19.3. The maximum atomic E-state index is 12.7. The molecule has 0 spiro atoms. The molecule has 4 aromatic rings. The van der Waals surface area contributed by atoms with E-state index in [1.54, 1.807) is 12.3 Å². The monoisotopic (exact) mass is 550 g/mol. The van der Waals surface area contributed by atoms with Crippen molar-refractivity contribution in [3.63, 3.8) is 0 Å². The number of rotatable bonds is 7. The molecule has 2 aromatic heterocycles. The molecule has 2 N–H and O–H groups in total. The van der Waals surface area contributed by atoms with Gasteiger partial charge in [-0.05, 0) is 67.7 Å². The molecule has 188 valence electrons. The lowest BCUT2D eigenvalue weighted by Gasteiger charge is -2.25. The fourth-order valence-corrected chi connectivity index (χ4v) is 5.11. The van der Waals surface area contributed by atoms with Crippen LogP contribution in [0.15, 0.2) is 83.4 Å². The molecule has 2 aromatic carbocycles. The molecular formula is C28H24Cl2N4O2S. The Morgan fingerprint density at radius 1 is 1.08 bits per heavy atom. The van der Waals surface area contributed by atoms with Crippen LogP contribution in [0.4, 0.5) is 5.69 Å². The van der Waals surface area contributed by atoms with Crippen LogP contribution in [0.5, 0.6) is 0 Å². The van der Waals surface area contributed by atoms with Crippen molar-refractivity contribution < 1.29 is 9.21 Å². The number of benzene rings is 2. The molecule has 5 rings (SSSR count). The first-order chi connectivity index (χ1) is 17.9. The zero-order valence-electron chi connectivity index (χ0n) is 19.9. The van der Waals surface area contributed by atoms with Crippen molar-refractivity contribution >= 4 is 52.1 Å². The van der Waals surface area contributed by atoms with Crippen molar-refractivity contribution in [1.29, 1.82) is 0 Å². The van der Waals surface area contributed by atoms with Gasteiger partial charge >= 0.3 is 0 Å². The van der Waals surface area contributed by atoms with Crippen molar-refractivity contribution in [2.75, 3.05) is 11.9 Å². The summed E-state index contributed by atoms with van der Waals surface area (Å²) in [6, 6.07) is 22.1. The second kappa shape index (κ2) is 10.9. The van der Waals surface area contributed by atoms with Crippen LogP contribution < -0.4 is 10.6 Å². The zero-order chi connectivity index (χ0) is 25.9. The van der Waals surface area contributed by atoms with E-state index in [4.69, 9.17) is 39.8 Å². The van der Waals surface area contributed by atoms with Crippen LogP contribution >= 0.6 is 35.4 Å². The number of hydrogen-bond acceptors (Lipinski definition) is 4. The van der Waals surface area contributed by atoms with Crippen LogP contribution in [0, 0.1) is 6.92 Å². The largest absolute Gasteiger partial charge is 0.459 e. The fraction of sp³-hybridized carbons (Fsp3) is 0.179. The van der Waals surface area contributed by atoms with E-state index in [1.165, 1.54) is 0 Å². The first-order valence-electron chi connectivity index (χ1n) is 11.8. The lowest BCUT2D eigenvalue weighted by Crippen LogP contribution is -2.32. The van der Waals surface area contributed by atoms with Gasteiger partial charge in [-0.2, -0.15) is 0 Å². The average Bonchev–Trinajstić information content (AvgIpc) is 3.51. The Bertz CT molecular complexity index is 1430. The highest BCUT2D eigenvalue weighted by Crippen LogP contribution is 2.42. The topological polar surface area (TPSA) is 70.4 Å². The molecule has 2 atom stereocenters. The van der Waals surface area contributed by atoms with Gasteiger partial charge in [-0.15, -0.1) is 0 Å². The van der Waals surface area contributed by atoms with Gasteiger partial charge in [-0.1, -0.05) is 53.0 Å². The van der Waals surface area contributed by atoms with Gasteiger partial charge in [0, 0.05) is 30.4 Å². The first-order valence-corrected chi connectivity index (χ1v) is 13.0. The van der Waals surface area contributed by atoms with Crippen LogP contribution in [0.25, 0.3) is 11.3 Å². The smallest absolute Gasteiger partial charge is 0.226 e. The van der Waals surface area contributed by atoms with E-state index < -0.39 is 0 Å². The van der Waals surface area contributed by atoms with E-state index in [-0.39, 0.29) is 24.4 Å². The van der Waals surface area contributed by atoms with E-state index in [1.807, 2.05) is 78.6 Å². The third-order valence-corrected chi connectivity index (χ3v) is 7.42. The second-order valence-corrected chi connectivity index (χ2v) is 9.96. The summed E-state index contributed by atoms with van der Waals surface area (Å²) in [5.41, 5.74) is 3.41. The van der Waals surface area contributed by atoms with Gasteiger partial charge in [0.1, 0.15) is 17.6 Å². The Kier molecular flexibility index (Phi) is 7.46. The molecule has 0 bridgehead atoms. The molecule has 1 aliphatic heterocycles. The minimum absolute atomic E-state index is 0.0995. The summed E-state index contributed by atoms with van der Waals surface area (Å²) in [5, 5.41) is 7.73. The number of hydrogen-bond donors (Lipinski definition) is 2. The summed E-state index contributed by atoms with van der Waals surface area (Å²) in [6.45, 7) is 2.40. The zero-order valence-corrected chi connectivity index (χ0v) is 22.3. The van der Waals surface area contributed by atoms with Gasteiger partial charge in [-0.25, -0.2) is 0 Å². The maximum absolute atomic E-state index is 12.7. The standard InChI is InChI=1S/C28H24Cl2N4O2S/c1-17-8-10-18(11-9-17)32-24(35)14-16-34-27(26(33-28(34)37)21-7-2-3-15-31-21)23-13-12-22(36-23)19-5-4-6-20(29)25(19)30/h2-13,15,26-27H,14,16H2,1H3,(H,32,35)(H,33,37)/t26-,27+/m1/s1. The Balaban J connectivity index is 1.41. The molecular weight excluding hydrogens is 527 g/mol. The lowest BCUT2D eigenvalue weighted by atomic mass is 10.0. The molecule has 0 radical (unpaired) electrons. The van der Waals surface area contributed by atoms with Crippen LogP contribution in [0.1, 0.15) is 35.5 Å². The van der Waals surface area contributed by atoms with Crippen molar-refractivity contribution in [2.24, 2.45) is 0 Å². The maximum Gasteiger partial charge on any atom is 0.226 e. The predicted molar refractivity (Wildman–Crippen MR) is 151 cm³/mol. The molecule has 0 aliphatic carbocycles. The summed E-state index contributed by atoms with van der Waals surface area (Å²) in [7, 11) is 0. The summed E-state index contributed by atoms with van der Waals surface area (Å²) < 4.78 is 6.32. The van der Waals surface area contributed by atoms with Crippen LogP contribution in [0.2, 0.25) is 10.0 Å². The number of nitrogens with zero attached hydrogens (tertiary/aromatic N) is 2. The Morgan fingerprint density at radius 3 is 2.65 bits per heavy atom. The van der Waals surface area contributed by atoms with Gasteiger partial charge in [0.05, 0.1) is 21.8 Å². The highest BCUT2D eigenvalue weighted by Gasteiger charge is 2.41. The van der Waals surface area contributed by atoms with Gasteiger partial charge in [0.15, 0.2) is 5.11 Å². The fourth-order valence-electron chi connectivity index (χ4n) is 4.39. The molecule has 37 heavy (non-hydrogen) atoms. The number of nitrogens with one attached hydrogen (secondary N) is 2. The van der Waals surface area contributed by atoms with Crippen molar-refractivity contribution in [2.45, 2.75) is 25.4 Å². The van der Waals surface area contributed by atoms with E-state index in [2.05, 4.69) is 15.6 Å². The molecule has 1 aliphatic rings. The summed E-state index contributed by atoms with van der Waals surface area (Å²) in [6.07, 6.45) is 1.99. The van der Waals surface area contributed by atoms with E-state index in [0.717, 1.165) is 16.9 Å². The number of furan rings is 1. The summed E-state index contributed by atoms with van der Waals surface area (Å²) in [5.74, 6) is 1.17. The third kappa shape index (κ3) is 5.49. The lowest BCUT2D eigenvalue weighted by molar-refractivity contribution is -0.116. The van der Waals surface area contributed by atoms with Crippen LogP contribution in [-0.4, -0.2) is 27.4 Å². The average molecular weight is 551 g/mol. The SMILES string of the molecule is Cc1ccc(NC(=O)CCN2C(=S)N[C@H](c3ccccn3)[C@@H]2c2ccc(-c3cccc(Cl)c3Cl)o2)cc1. The van der Waals surface area contributed by atoms with Crippen molar-refractivity contribution in [3.8, 4) is 11.3 Å². The van der Waals surface area contributed by atoms with Gasteiger partial charge in [0.25, 0.3) is 0 Å². The van der Waals surface area contributed by atoms with Crippen molar-refractivity contribution in [1.82, 2.24) is 15.2 Å². The number of carbonyl (C=O) groups is 1. The molecule has 1 amide bonds. The minimum atomic E-state index is -0.318. The molecule has 0 unspecified atom stereocenters. The molecule has 1 saturated heterocycles. The number of aryl methyl sites for hydroxylation is 1. The van der Waals surface area contributed by atoms with Gasteiger partial charge in [0.2, 0.25) is 5.91 Å². The highest BCUT2D eigenvalue weighted by molar-refractivity contribution is 7.80. The quantitative estimate of drug-likeness (QED) is 0.242. The number of pyridine rings is 1. The molecule has 3 heterocycles. The molecule has 6 nitrogen and oxygen atoms in total. The van der Waals surface area contributed by atoms with Gasteiger partial charge in [-0.3, -0.25) is 9.78 Å². The van der Waals surface area contributed by atoms with Gasteiger partial charge < -0.3 is 20.0 Å². The van der Waals surface area contributed by atoms with E-state index in [0.29, 0.717) is 38.8 Å². The molecule has 1 fully saturated rings. The normalized spacial score (nSPS) is 17.1. The number of aromatic nitrogens is 1. The van der Waals surface area contributed by atoms with Crippen LogP contribution in [0.3, 0.4) is 0 Å². The summed E-state index contributed by atoms with van der Waals surface area (Å²) >= 11 is 18.4. The first kappa shape index (κ1) is 25.3. The highest BCUT2D eigenvalue weighted by atomic mass is 35.5. The molecule has 9 heteroatoms. The van der Waals surface area contributed by atoms with E-state index >= 15 is 0 Å². The van der Waals surface area contributed by atoms with Crippen molar-refractivity contribution in [3.05, 3.63) is 106 Å². The molecule has 0 saturated carbocycles. The second-order valence-electron chi connectivity index (χ2n) is 8.79. The number of anilines is 1. The Hall–Kier alpha value is -3.39. The Morgan fingerprint density at radius 2 is 1.89 bits per heavy atom. The number of amides is 1. The van der Waals surface area contributed by atoms with E-state index in [9.17, 15) is 4.79 Å². The van der Waals surface area contributed by atoms with Crippen LogP contribution in [-0.2, 0) is 4.79 Å². The number of thiocarbonyl (C=S) groups is 1. The third-order valence-electron chi connectivity index (χ3n) is 6.25. The number of halogens is 2.